The number of hydrogen-bond acceptors (Lipinski definition) is 4. The number of benzene rings is 1. The summed E-state index contributed by atoms with van der Waals surface area (Å²) in [5.74, 6) is 0.711. The summed E-state index contributed by atoms with van der Waals surface area (Å²) in [5.41, 5.74) is 3.06. The smallest absolute Gasteiger partial charge is 0.257 e. The Morgan fingerprint density at radius 3 is 2.73 bits per heavy atom. The van der Waals surface area contributed by atoms with E-state index in [0.717, 1.165) is 5.56 Å². The summed E-state index contributed by atoms with van der Waals surface area (Å²) in [6, 6.07) is 12.2. The normalized spacial score (nSPS) is 12.0. The Hall–Kier alpha value is -2.44. The van der Waals surface area contributed by atoms with Gasteiger partial charge in [-0.2, -0.15) is 0 Å². The molecule has 3 aromatic rings. The zero-order valence-corrected chi connectivity index (χ0v) is 15.9. The van der Waals surface area contributed by atoms with Gasteiger partial charge in [0, 0.05) is 33.5 Å². The molecule has 2 heterocycles. The second-order valence-corrected chi connectivity index (χ2v) is 7.63. The van der Waals surface area contributed by atoms with Crippen molar-refractivity contribution in [3.05, 3.63) is 70.6 Å². The maximum atomic E-state index is 12.6. The largest absolute Gasteiger partial charge is 0.463 e. The van der Waals surface area contributed by atoms with Crippen LogP contribution in [0.4, 0.5) is 5.69 Å². The van der Waals surface area contributed by atoms with Gasteiger partial charge in [-0.3, -0.25) is 9.00 Å². The van der Waals surface area contributed by atoms with Gasteiger partial charge < -0.3 is 9.73 Å². The number of hydrogen-bond donors (Lipinski definition) is 1. The van der Waals surface area contributed by atoms with E-state index < -0.39 is 10.8 Å². The van der Waals surface area contributed by atoms with Gasteiger partial charge in [-0.1, -0.05) is 11.6 Å². The second kappa shape index (κ2) is 7.85. The van der Waals surface area contributed by atoms with E-state index in [1.165, 1.54) is 0 Å². The molecule has 26 heavy (non-hydrogen) atoms. The maximum absolute atomic E-state index is 12.6. The third kappa shape index (κ3) is 4.20. The number of carbonyl (C=O) groups is 1. The Kier molecular flexibility index (Phi) is 5.54. The van der Waals surface area contributed by atoms with Crippen LogP contribution in [0.25, 0.3) is 11.5 Å². The fourth-order valence-electron chi connectivity index (χ4n) is 2.54. The predicted octanol–water partition coefficient (Wildman–Crippen LogP) is 4.43. The van der Waals surface area contributed by atoms with Gasteiger partial charge >= 0.3 is 0 Å². The average Bonchev–Trinajstić information content (AvgIpc) is 3.12. The van der Waals surface area contributed by atoms with Crippen molar-refractivity contribution in [3.63, 3.8) is 0 Å². The molecule has 3 rings (SSSR count). The molecular formula is C19H17ClN2O3S. The lowest BCUT2D eigenvalue weighted by molar-refractivity contribution is 0.102. The molecule has 0 saturated carbocycles. The Bertz CT molecular complexity index is 971. The Balaban J connectivity index is 1.81. The Morgan fingerprint density at radius 2 is 2.08 bits per heavy atom. The lowest BCUT2D eigenvalue weighted by atomic mass is 10.1. The molecule has 134 valence electrons. The van der Waals surface area contributed by atoms with Gasteiger partial charge in [0.1, 0.15) is 5.69 Å². The Morgan fingerprint density at radius 1 is 1.27 bits per heavy atom. The highest BCUT2D eigenvalue weighted by Crippen LogP contribution is 2.23. The lowest BCUT2D eigenvalue weighted by Crippen LogP contribution is -2.14. The number of amides is 1. The minimum atomic E-state index is -1.02. The quantitative estimate of drug-likeness (QED) is 0.701. The first kappa shape index (κ1) is 18.4. The van der Waals surface area contributed by atoms with Gasteiger partial charge in [-0.25, -0.2) is 4.98 Å². The SMILES string of the molecule is Cc1nc(-c2ccco2)ccc1C(=O)Nc1ccc(Cl)c(CS(C)=O)c1. The third-order valence-electron chi connectivity index (χ3n) is 3.77. The first-order valence-corrected chi connectivity index (χ1v) is 9.96. The number of furan rings is 1. The molecule has 7 heteroatoms. The van der Waals surface area contributed by atoms with E-state index >= 15 is 0 Å². The third-order valence-corrected chi connectivity index (χ3v) is 4.85. The molecule has 0 fully saturated rings. The van der Waals surface area contributed by atoms with Gasteiger partial charge in [0.2, 0.25) is 0 Å². The number of aryl methyl sites for hydroxylation is 1. The van der Waals surface area contributed by atoms with Crippen molar-refractivity contribution >= 4 is 34.0 Å². The van der Waals surface area contributed by atoms with Crippen molar-refractivity contribution in [1.82, 2.24) is 4.98 Å². The molecule has 1 amide bonds. The molecular weight excluding hydrogens is 372 g/mol. The second-order valence-electron chi connectivity index (χ2n) is 5.78. The van der Waals surface area contributed by atoms with Crippen molar-refractivity contribution in [3.8, 4) is 11.5 Å². The molecule has 1 atom stereocenters. The number of anilines is 1. The van der Waals surface area contributed by atoms with E-state index in [4.69, 9.17) is 16.0 Å². The van der Waals surface area contributed by atoms with Crippen LogP contribution in [-0.2, 0) is 16.6 Å². The molecule has 5 nitrogen and oxygen atoms in total. The summed E-state index contributed by atoms with van der Waals surface area (Å²) in [6.07, 6.45) is 3.19. The monoisotopic (exact) mass is 388 g/mol. The van der Waals surface area contributed by atoms with E-state index in [0.29, 0.717) is 39.2 Å². The summed E-state index contributed by atoms with van der Waals surface area (Å²) in [6.45, 7) is 1.77. The number of halogens is 1. The van der Waals surface area contributed by atoms with E-state index in [-0.39, 0.29) is 5.91 Å². The van der Waals surface area contributed by atoms with Crippen molar-refractivity contribution in [1.29, 1.82) is 0 Å². The topological polar surface area (TPSA) is 72.2 Å². The van der Waals surface area contributed by atoms with E-state index in [1.54, 1.807) is 55.8 Å². The van der Waals surface area contributed by atoms with Crippen LogP contribution in [0.3, 0.4) is 0 Å². The minimum absolute atomic E-state index is 0.271. The predicted molar refractivity (Wildman–Crippen MR) is 104 cm³/mol. The van der Waals surface area contributed by atoms with Crippen LogP contribution in [0, 0.1) is 6.92 Å². The number of nitrogens with zero attached hydrogens (tertiary/aromatic N) is 1. The molecule has 1 aromatic carbocycles. The van der Waals surface area contributed by atoms with Crippen LogP contribution in [0.1, 0.15) is 21.6 Å². The molecule has 0 bridgehead atoms. The van der Waals surface area contributed by atoms with Crippen LogP contribution in [0.5, 0.6) is 0 Å². The molecule has 1 unspecified atom stereocenters. The molecule has 2 aromatic heterocycles. The van der Waals surface area contributed by atoms with Gasteiger partial charge in [-0.15, -0.1) is 0 Å². The number of aromatic nitrogens is 1. The van der Waals surface area contributed by atoms with Crippen molar-refractivity contribution in [2.45, 2.75) is 12.7 Å². The number of nitrogens with one attached hydrogen (secondary N) is 1. The molecule has 0 aliphatic rings. The maximum Gasteiger partial charge on any atom is 0.257 e. The fourth-order valence-corrected chi connectivity index (χ4v) is 3.48. The summed E-state index contributed by atoms with van der Waals surface area (Å²) in [5, 5.41) is 3.36. The highest BCUT2D eigenvalue weighted by molar-refractivity contribution is 7.83. The van der Waals surface area contributed by atoms with Gasteiger partial charge in [0.25, 0.3) is 5.91 Å². The van der Waals surface area contributed by atoms with Crippen LogP contribution < -0.4 is 5.32 Å². The van der Waals surface area contributed by atoms with Gasteiger partial charge in [0.05, 0.1) is 17.5 Å². The standard InChI is InChI=1S/C19H17ClN2O3S/c1-12-15(6-8-17(21-12)18-4-3-9-25-18)19(23)22-14-5-7-16(20)13(10-14)11-26(2)24/h3-10H,11H2,1-2H3,(H,22,23). The number of pyridine rings is 1. The van der Waals surface area contributed by atoms with Crippen LogP contribution >= 0.6 is 11.6 Å². The highest BCUT2D eigenvalue weighted by Gasteiger charge is 2.13. The van der Waals surface area contributed by atoms with Crippen LogP contribution in [0.2, 0.25) is 5.02 Å². The van der Waals surface area contributed by atoms with Gasteiger partial charge in [0.15, 0.2) is 5.76 Å². The minimum Gasteiger partial charge on any atom is -0.463 e. The number of carbonyl (C=O) groups excluding carboxylic acids is 1. The van der Waals surface area contributed by atoms with E-state index in [2.05, 4.69) is 10.3 Å². The van der Waals surface area contributed by atoms with E-state index in [1.807, 2.05) is 6.07 Å². The molecule has 0 aliphatic carbocycles. The molecule has 0 saturated heterocycles. The summed E-state index contributed by atoms with van der Waals surface area (Å²) in [7, 11) is -1.02. The fraction of sp³-hybridized carbons (Fsp3) is 0.158. The lowest BCUT2D eigenvalue weighted by Gasteiger charge is -2.10. The zero-order chi connectivity index (χ0) is 18.7. The molecule has 0 radical (unpaired) electrons. The van der Waals surface area contributed by atoms with Crippen molar-refractivity contribution in [2.75, 3.05) is 11.6 Å². The van der Waals surface area contributed by atoms with Gasteiger partial charge in [-0.05, 0) is 55.0 Å². The molecule has 1 N–H and O–H groups in total. The first-order valence-electron chi connectivity index (χ1n) is 7.85. The highest BCUT2D eigenvalue weighted by atomic mass is 35.5. The zero-order valence-electron chi connectivity index (χ0n) is 14.3. The molecule has 0 spiro atoms. The van der Waals surface area contributed by atoms with Crippen molar-refractivity contribution < 1.29 is 13.4 Å². The molecule has 0 aliphatic heterocycles. The summed E-state index contributed by atoms with van der Waals surface area (Å²) >= 11 is 6.12. The average molecular weight is 389 g/mol. The summed E-state index contributed by atoms with van der Waals surface area (Å²) < 4.78 is 16.8. The van der Waals surface area contributed by atoms with Crippen LogP contribution in [-0.4, -0.2) is 21.4 Å². The van der Waals surface area contributed by atoms with Crippen LogP contribution in [0.15, 0.2) is 53.1 Å². The summed E-state index contributed by atoms with van der Waals surface area (Å²) in [4.78, 5) is 17.0. The van der Waals surface area contributed by atoms with Crippen molar-refractivity contribution in [2.24, 2.45) is 0 Å². The number of rotatable bonds is 5. The van der Waals surface area contributed by atoms with E-state index in [9.17, 15) is 9.00 Å². The first-order chi connectivity index (χ1) is 12.4. The Labute approximate surface area is 158 Å².